The number of ether oxygens (including phenoxy) is 1. The number of nitrogens with one attached hydrogen (secondary N) is 1. The van der Waals surface area contributed by atoms with E-state index < -0.39 is 0 Å². The van der Waals surface area contributed by atoms with Crippen molar-refractivity contribution in [1.82, 2.24) is 20.4 Å². The average molecular weight is 307 g/mol. The lowest BCUT2D eigenvalue weighted by molar-refractivity contribution is 0.0957. The summed E-state index contributed by atoms with van der Waals surface area (Å²) in [5, 5.41) is 10.8. The Labute approximate surface area is 131 Å². The third-order valence-electron chi connectivity index (χ3n) is 4.09. The first-order valence-electron chi connectivity index (χ1n) is 7.73. The molecule has 7 nitrogen and oxygen atoms in total. The Morgan fingerprint density at radius 3 is 2.82 bits per heavy atom. The molecule has 22 heavy (non-hydrogen) atoms. The maximum atomic E-state index is 11.5. The van der Waals surface area contributed by atoms with E-state index in [4.69, 9.17) is 4.74 Å². The molecule has 1 aliphatic rings. The molecule has 1 amide bonds. The van der Waals surface area contributed by atoms with Gasteiger partial charge in [0.15, 0.2) is 11.5 Å². The van der Waals surface area contributed by atoms with Crippen LogP contribution >= 0.6 is 0 Å². The highest BCUT2D eigenvalue weighted by Crippen LogP contribution is 2.18. The predicted molar refractivity (Wildman–Crippen MR) is 85.2 cm³/mol. The molecule has 2 heterocycles. The van der Waals surface area contributed by atoms with Gasteiger partial charge in [-0.1, -0.05) is 6.92 Å². The van der Waals surface area contributed by atoms with E-state index in [1.54, 1.807) is 20.2 Å². The Kier molecular flexibility index (Phi) is 6.09. The van der Waals surface area contributed by atoms with Crippen molar-refractivity contribution in [3.05, 3.63) is 17.8 Å². The number of rotatable bonds is 6. The standard InChI is InChI=1S/C15H25N5O2/c1-4-12-11-20(8-7-19(12)9-10-22-3)14-6-5-13(17-18-14)15(21)16-2/h5-6,12H,4,7-11H2,1-3H3,(H,16,21). The number of hydrogen-bond donors (Lipinski definition) is 1. The minimum atomic E-state index is -0.213. The molecule has 0 spiro atoms. The van der Waals surface area contributed by atoms with Crippen LogP contribution in [0.25, 0.3) is 0 Å². The molecule has 1 fully saturated rings. The van der Waals surface area contributed by atoms with Gasteiger partial charge in [-0.2, -0.15) is 0 Å². The minimum Gasteiger partial charge on any atom is -0.383 e. The number of piperazine rings is 1. The number of carbonyl (C=O) groups is 1. The molecule has 0 bridgehead atoms. The summed E-state index contributed by atoms with van der Waals surface area (Å²) in [4.78, 5) is 16.2. The fourth-order valence-corrected chi connectivity index (χ4v) is 2.73. The van der Waals surface area contributed by atoms with Gasteiger partial charge in [-0.15, -0.1) is 10.2 Å². The molecule has 0 aromatic carbocycles. The zero-order valence-corrected chi connectivity index (χ0v) is 13.6. The van der Waals surface area contributed by atoms with E-state index >= 15 is 0 Å². The molecule has 122 valence electrons. The van der Waals surface area contributed by atoms with Crippen molar-refractivity contribution in [1.29, 1.82) is 0 Å². The number of aromatic nitrogens is 2. The third-order valence-corrected chi connectivity index (χ3v) is 4.09. The van der Waals surface area contributed by atoms with Gasteiger partial charge in [0.05, 0.1) is 6.61 Å². The van der Waals surface area contributed by atoms with Gasteiger partial charge in [0, 0.05) is 46.4 Å². The van der Waals surface area contributed by atoms with Crippen molar-refractivity contribution in [3.63, 3.8) is 0 Å². The second kappa shape index (κ2) is 8.05. The van der Waals surface area contributed by atoms with Gasteiger partial charge in [-0.3, -0.25) is 9.69 Å². The summed E-state index contributed by atoms with van der Waals surface area (Å²) in [6.45, 7) is 6.75. The lowest BCUT2D eigenvalue weighted by Gasteiger charge is -2.41. The number of carbonyl (C=O) groups excluding carboxylic acids is 1. The monoisotopic (exact) mass is 307 g/mol. The van der Waals surface area contributed by atoms with E-state index in [1.165, 1.54) is 0 Å². The van der Waals surface area contributed by atoms with E-state index in [2.05, 4.69) is 32.2 Å². The molecule has 2 rings (SSSR count). The molecule has 0 saturated carbocycles. The van der Waals surface area contributed by atoms with E-state index in [9.17, 15) is 4.79 Å². The number of nitrogens with zero attached hydrogens (tertiary/aromatic N) is 4. The van der Waals surface area contributed by atoms with Gasteiger partial charge in [0.1, 0.15) is 0 Å². The van der Waals surface area contributed by atoms with E-state index in [-0.39, 0.29) is 5.91 Å². The van der Waals surface area contributed by atoms with Gasteiger partial charge in [0.2, 0.25) is 0 Å². The second-order valence-electron chi connectivity index (χ2n) is 5.39. The highest BCUT2D eigenvalue weighted by molar-refractivity contribution is 5.91. The Hall–Kier alpha value is -1.73. The zero-order chi connectivity index (χ0) is 15.9. The van der Waals surface area contributed by atoms with Crippen molar-refractivity contribution in [2.75, 3.05) is 51.8 Å². The SMILES string of the molecule is CCC1CN(c2ccc(C(=O)NC)nn2)CCN1CCOC. The maximum absolute atomic E-state index is 11.5. The molecule has 1 aliphatic heterocycles. The van der Waals surface area contributed by atoms with Crippen LogP contribution in [0.1, 0.15) is 23.8 Å². The quantitative estimate of drug-likeness (QED) is 0.819. The van der Waals surface area contributed by atoms with Crippen LogP contribution in [-0.4, -0.2) is 74.0 Å². The zero-order valence-electron chi connectivity index (χ0n) is 13.6. The van der Waals surface area contributed by atoms with Gasteiger partial charge < -0.3 is 15.0 Å². The van der Waals surface area contributed by atoms with E-state index in [0.717, 1.165) is 45.0 Å². The largest absolute Gasteiger partial charge is 0.383 e. The van der Waals surface area contributed by atoms with Gasteiger partial charge >= 0.3 is 0 Å². The fraction of sp³-hybridized carbons (Fsp3) is 0.667. The van der Waals surface area contributed by atoms with Crippen LogP contribution in [0, 0.1) is 0 Å². The summed E-state index contributed by atoms with van der Waals surface area (Å²) in [5.74, 6) is 0.618. The average Bonchev–Trinajstić information content (AvgIpc) is 2.59. The molecule has 7 heteroatoms. The summed E-state index contributed by atoms with van der Waals surface area (Å²) in [7, 11) is 3.32. The van der Waals surface area contributed by atoms with Gasteiger partial charge in [0.25, 0.3) is 5.91 Å². The van der Waals surface area contributed by atoms with Crippen LogP contribution in [0.5, 0.6) is 0 Å². The lowest BCUT2D eigenvalue weighted by atomic mass is 10.1. The van der Waals surface area contributed by atoms with Crippen LogP contribution in [0.2, 0.25) is 0 Å². The Morgan fingerprint density at radius 2 is 2.23 bits per heavy atom. The normalized spacial score (nSPS) is 19.2. The molecular weight excluding hydrogens is 282 g/mol. The van der Waals surface area contributed by atoms with Crippen LogP contribution in [0.3, 0.4) is 0 Å². The maximum Gasteiger partial charge on any atom is 0.271 e. The van der Waals surface area contributed by atoms with Gasteiger partial charge in [-0.25, -0.2) is 0 Å². The van der Waals surface area contributed by atoms with Crippen LogP contribution < -0.4 is 10.2 Å². The number of hydrogen-bond acceptors (Lipinski definition) is 6. The summed E-state index contributed by atoms with van der Waals surface area (Å²) in [6, 6.07) is 4.08. The number of anilines is 1. The topological polar surface area (TPSA) is 70.6 Å². The Bertz CT molecular complexity index is 479. The first kappa shape index (κ1) is 16.6. The highest BCUT2D eigenvalue weighted by atomic mass is 16.5. The molecule has 1 aromatic rings. The van der Waals surface area contributed by atoms with Crippen LogP contribution in [0.4, 0.5) is 5.82 Å². The Morgan fingerprint density at radius 1 is 1.41 bits per heavy atom. The summed E-state index contributed by atoms with van der Waals surface area (Å²) in [5.41, 5.74) is 0.344. The number of methoxy groups -OCH3 is 1. The molecule has 0 radical (unpaired) electrons. The Balaban J connectivity index is 2.00. The third kappa shape index (κ3) is 3.92. The van der Waals surface area contributed by atoms with Crippen LogP contribution in [0.15, 0.2) is 12.1 Å². The van der Waals surface area contributed by atoms with Crippen LogP contribution in [-0.2, 0) is 4.74 Å². The first-order valence-corrected chi connectivity index (χ1v) is 7.73. The van der Waals surface area contributed by atoms with Crippen molar-refractivity contribution >= 4 is 11.7 Å². The van der Waals surface area contributed by atoms with Gasteiger partial charge in [-0.05, 0) is 18.6 Å². The van der Waals surface area contributed by atoms with Crippen molar-refractivity contribution in [2.45, 2.75) is 19.4 Å². The molecule has 0 aliphatic carbocycles. The molecule has 1 unspecified atom stereocenters. The molecule has 1 aromatic heterocycles. The predicted octanol–water partition coefficient (Wildman–Crippen LogP) is 0.383. The summed E-state index contributed by atoms with van der Waals surface area (Å²) >= 11 is 0. The summed E-state index contributed by atoms with van der Waals surface area (Å²) in [6.07, 6.45) is 1.09. The number of amides is 1. The molecule has 1 N–H and O–H groups in total. The van der Waals surface area contributed by atoms with E-state index in [1.807, 2.05) is 6.07 Å². The minimum absolute atomic E-state index is 0.213. The summed E-state index contributed by atoms with van der Waals surface area (Å²) < 4.78 is 5.18. The smallest absolute Gasteiger partial charge is 0.271 e. The second-order valence-corrected chi connectivity index (χ2v) is 5.39. The van der Waals surface area contributed by atoms with Crippen molar-refractivity contribution < 1.29 is 9.53 Å². The molecule has 1 saturated heterocycles. The van der Waals surface area contributed by atoms with E-state index in [0.29, 0.717) is 11.7 Å². The fourth-order valence-electron chi connectivity index (χ4n) is 2.73. The molecular formula is C15H25N5O2. The van der Waals surface area contributed by atoms with Crippen molar-refractivity contribution in [2.24, 2.45) is 0 Å². The van der Waals surface area contributed by atoms with Crippen molar-refractivity contribution in [3.8, 4) is 0 Å². The molecule has 1 atom stereocenters. The first-order chi connectivity index (χ1) is 10.7. The highest BCUT2D eigenvalue weighted by Gasteiger charge is 2.26. The lowest BCUT2D eigenvalue weighted by Crippen LogP contribution is -2.54.